The van der Waals surface area contributed by atoms with Crippen LogP contribution in [0.5, 0.6) is 0 Å². The van der Waals surface area contributed by atoms with Gasteiger partial charge in [-0.05, 0) is 19.1 Å². The maximum atomic E-state index is 5.79. The van der Waals surface area contributed by atoms with Gasteiger partial charge in [-0.2, -0.15) is 0 Å². The van der Waals surface area contributed by atoms with E-state index in [4.69, 9.17) is 15.2 Å². The van der Waals surface area contributed by atoms with Gasteiger partial charge in [-0.25, -0.2) is 4.98 Å². The lowest BCUT2D eigenvalue weighted by atomic mass is 10.3. The number of nitrogens with zero attached hydrogens (tertiary/aromatic N) is 1. The summed E-state index contributed by atoms with van der Waals surface area (Å²) in [6, 6.07) is 3.71. The van der Waals surface area contributed by atoms with Crippen molar-refractivity contribution in [1.82, 2.24) is 4.98 Å². The molecule has 1 rings (SSSR count). The minimum atomic E-state index is -0.00767. The van der Waals surface area contributed by atoms with Crippen molar-refractivity contribution in [2.24, 2.45) is 0 Å². The minimum absolute atomic E-state index is 0.00767. The second-order valence-corrected chi connectivity index (χ2v) is 3.58. The first-order valence-electron chi connectivity index (χ1n) is 5.16. The molecule has 0 saturated carbocycles. The number of pyridine rings is 1. The Hall–Kier alpha value is -1.33. The van der Waals surface area contributed by atoms with Crippen molar-refractivity contribution < 1.29 is 9.47 Å². The van der Waals surface area contributed by atoms with Gasteiger partial charge in [0.2, 0.25) is 0 Å². The molecule has 1 heterocycles. The number of nitrogens with two attached hydrogens (primary N) is 1. The lowest BCUT2D eigenvalue weighted by Crippen LogP contribution is -2.27. The van der Waals surface area contributed by atoms with Crippen molar-refractivity contribution >= 4 is 11.5 Å². The second-order valence-electron chi connectivity index (χ2n) is 3.58. The molecule has 0 bridgehead atoms. The fraction of sp³-hybridized carbons (Fsp3) is 0.545. The van der Waals surface area contributed by atoms with Gasteiger partial charge in [-0.3, -0.25) is 0 Å². The molecule has 0 aliphatic carbocycles. The normalized spacial score (nSPS) is 12.4. The average Bonchev–Trinajstić information content (AvgIpc) is 2.28. The Bertz CT molecular complexity index is 331. The molecule has 1 atom stereocenters. The van der Waals surface area contributed by atoms with E-state index < -0.39 is 0 Å². The van der Waals surface area contributed by atoms with Gasteiger partial charge in [0.05, 0.1) is 18.4 Å². The van der Waals surface area contributed by atoms with Crippen LogP contribution < -0.4 is 11.1 Å². The first-order valence-corrected chi connectivity index (χ1v) is 5.16. The Morgan fingerprint density at radius 2 is 2.19 bits per heavy atom. The van der Waals surface area contributed by atoms with Crippen LogP contribution in [0.15, 0.2) is 12.1 Å². The van der Waals surface area contributed by atoms with E-state index >= 15 is 0 Å². The summed E-state index contributed by atoms with van der Waals surface area (Å²) in [4.78, 5) is 4.31. The minimum Gasteiger partial charge on any atom is -0.396 e. The zero-order valence-corrected chi connectivity index (χ0v) is 9.99. The van der Waals surface area contributed by atoms with Gasteiger partial charge in [-0.1, -0.05) is 0 Å². The molecule has 0 radical (unpaired) electrons. The quantitative estimate of drug-likeness (QED) is 0.757. The molecule has 0 fully saturated rings. The summed E-state index contributed by atoms with van der Waals surface area (Å²) in [5.41, 5.74) is 7.36. The van der Waals surface area contributed by atoms with Gasteiger partial charge in [0.15, 0.2) is 0 Å². The first kappa shape index (κ1) is 12.7. The largest absolute Gasteiger partial charge is 0.396 e. The van der Waals surface area contributed by atoms with E-state index in [1.807, 2.05) is 19.1 Å². The second kappa shape index (κ2) is 6.30. The number of methoxy groups -OCH3 is 2. The van der Waals surface area contributed by atoms with Crippen molar-refractivity contribution in [3.8, 4) is 0 Å². The van der Waals surface area contributed by atoms with Crippen LogP contribution in [0, 0.1) is 6.92 Å². The molecular weight excluding hydrogens is 206 g/mol. The summed E-state index contributed by atoms with van der Waals surface area (Å²) in [6.45, 7) is 3.08. The van der Waals surface area contributed by atoms with Crippen LogP contribution in [0.4, 0.5) is 11.5 Å². The van der Waals surface area contributed by atoms with E-state index in [1.54, 1.807) is 14.2 Å². The van der Waals surface area contributed by atoms with Gasteiger partial charge in [0.25, 0.3) is 0 Å². The molecule has 5 heteroatoms. The van der Waals surface area contributed by atoms with Crippen molar-refractivity contribution in [2.75, 3.05) is 38.4 Å². The lowest BCUT2D eigenvalue weighted by molar-refractivity contribution is 0.0365. The molecule has 16 heavy (non-hydrogen) atoms. The van der Waals surface area contributed by atoms with Crippen molar-refractivity contribution in [1.29, 1.82) is 0 Å². The zero-order valence-electron chi connectivity index (χ0n) is 9.99. The Morgan fingerprint density at radius 3 is 2.81 bits per heavy atom. The molecule has 1 unspecified atom stereocenters. The number of hydrogen-bond acceptors (Lipinski definition) is 5. The summed E-state index contributed by atoms with van der Waals surface area (Å²) < 4.78 is 10.2. The van der Waals surface area contributed by atoms with Crippen LogP contribution in [0.25, 0.3) is 0 Å². The number of nitrogens with one attached hydrogen (secondary N) is 1. The highest BCUT2D eigenvalue weighted by molar-refractivity contribution is 5.61. The standard InChI is InChI=1S/C11H19N3O2/c1-8-4-5-10(12)11(14-8)13-6-9(16-3)7-15-2/h4-5,9H,6-7,12H2,1-3H3,(H,13,14). The Balaban J connectivity index is 2.55. The van der Waals surface area contributed by atoms with Crippen LogP contribution in [0.3, 0.4) is 0 Å². The molecule has 90 valence electrons. The highest BCUT2D eigenvalue weighted by Gasteiger charge is 2.08. The number of aryl methyl sites for hydroxylation is 1. The molecule has 0 aliphatic heterocycles. The van der Waals surface area contributed by atoms with Gasteiger partial charge < -0.3 is 20.5 Å². The van der Waals surface area contributed by atoms with Crippen LogP contribution in [0.2, 0.25) is 0 Å². The summed E-state index contributed by atoms with van der Waals surface area (Å²) in [7, 11) is 3.30. The predicted molar refractivity (Wildman–Crippen MR) is 64.5 cm³/mol. The van der Waals surface area contributed by atoms with E-state index in [2.05, 4.69) is 10.3 Å². The summed E-state index contributed by atoms with van der Waals surface area (Å²) in [6.07, 6.45) is -0.00767. The van der Waals surface area contributed by atoms with Crippen LogP contribution >= 0.6 is 0 Å². The number of aromatic nitrogens is 1. The number of hydrogen-bond donors (Lipinski definition) is 2. The van der Waals surface area contributed by atoms with E-state index in [0.29, 0.717) is 24.7 Å². The van der Waals surface area contributed by atoms with E-state index in [-0.39, 0.29) is 6.10 Å². The maximum absolute atomic E-state index is 5.79. The van der Waals surface area contributed by atoms with Crippen molar-refractivity contribution in [2.45, 2.75) is 13.0 Å². The Morgan fingerprint density at radius 1 is 1.44 bits per heavy atom. The van der Waals surface area contributed by atoms with Gasteiger partial charge in [-0.15, -0.1) is 0 Å². The lowest BCUT2D eigenvalue weighted by Gasteiger charge is -2.16. The molecule has 1 aromatic rings. The topological polar surface area (TPSA) is 69.4 Å². The molecule has 1 aromatic heterocycles. The molecule has 0 aromatic carbocycles. The fourth-order valence-electron chi connectivity index (χ4n) is 1.32. The number of nitrogen functional groups attached to an aromatic ring is 1. The highest BCUT2D eigenvalue weighted by Crippen LogP contribution is 2.15. The van der Waals surface area contributed by atoms with Gasteiger partial charge >= 0.3 is 0 Å². The monoisotopic (exact) mass is 225 g/mol. The average molecular weight is 225 g/mol. The van der Waals surface area contributed by atoms with Crippen molar-refractivity contribution in [3.63, 3.8) is 0 Å². The summed E-state index contributed by atoms with van der Waals surface area (Å²) in [5, 5.41) is 3.15. The molecule has 0 saturated heterocycles. The Kier molecular flexibility index (Phi) is 5.01. The van der Waals surface area contributed by atoms with Crippen LogP contribution in [0.1, 0.15) is 5.69 Å². The van der Waals surface area contributed by atoms with E-state index in [1.165, 1.54) is 0 Å². The maximum Gasteiger partial charge on any atom is 0.149 e. The zero-order chi connectivity index (χ0) is 12.0. The van der Waals surface area contributed by atoms with Gasteiger partial charge in [0, 0.05) is 26.5 Å². The summed E-state index contributed by atoms with van der Waals surface area (Å²) >= 11 is 0. The molecule has 5 nitrogen and oxygen atoms in total. The number of rotatable bonds is 6. The molecule has 0 amide bonds. The molecular formula is C11H19N3O2. The smallest absolute Gasteiger partial charge is 0.149 e. The number of anilines is 2. The third-order valence-electron chi connectivity index (χ3n) is 2.25. The number of ether oxygens (including phenoxy) is 2. The molecule has 3 N–H and O–H groups in total. The predicted octanol–water partition coefficient (Wildman–Crippen LogP) is 1.05. The van der Waals surface area contributed by atoms with Crippen LogP contribution in [-0.2, 0) is 9.47 Å². The fourth-order valence-corrected chi connectivity index (χ4v) is 1.32. The SMILES string of the molecule is COCC(CNc1nc(C)ccc1N)OC. The van der Waals surface area contributed by atoms with E-state index in [9.17, 15) is 0 Å². The summed E-state index contributed by atoms with van der Waals surface area (Å²) in [5.74, 6) is 0.693. The first-order chi connectivity index (χ1) is 7.67. The highest BCUT2D eigenvalue weighted by atomic mass is 16.5. The van der Waals surface area contributed by atoms with Crippen LogP contribution in [-0.4, -0.2) is 38.5 Å². The Labute approximate surface area is 96.0 Å². The third-order valence-corrected chi connectivity index (χ3v) is 2.25. The van der Waals surface area contributed by atoms with E-state index in [0.717, 1.165) is 5.69 Å². The van der Waals surface area contributed by atoms with Crippen molar-refractivity contribution in [3.05, 3.63) is 17.8 Å². The third kappa shape index (κ3) is 3.67. The molecule has 0 aliphatic rings. The van der Waals surface area contributed by atoms with Gasteiger partial charge in [0.1, 0.15) is 5.82 Å². The molecule has 0 spiro atoms.